The van der Waals surface area contributed by atoms with Gasteiger partial charge in [0.15, 0.2) is 0 Å². The highest BCUT2D eigenvalue weighted by molar-refractivity contribution is 5.41. The lowest BCUT2D eigenvalue weighted by atomic mass is 9.80. The Bertz CT molecular complexity index is 285. The maximum Gasteiger partial charge on any atom is 0.0314 e. The molecular weight excluding hydrogens is 182 g/mol. The van der Waals surface area contributed by atoms with Crippen molar-refractivity contribution in [2.75, 3.05) is 5.73 Å². The summed E-state index contributed by atoms with van der Waals surface area (Å²) in [5.41, 5.74) is 8.22. The van der Waals surface area contributed by atoms with Crippen LogP contribution >= 0.6 is 0 Å². The van der Waals surface area contributed by atoms with Gasteiger partial charge in [-0.3, -0.25) is 0 Å². The fraction of sp³-hybridized carbons (Fsp3) is 0.571. The van der Waals surface area contributed by atoms with Crippen LogP contribution in [0.2, 0.25) is 0 Å². The van der Waals surface area contributed by atoms with E-state index in [1.54, 1.807) is 0 Å². The molecule has 0 aliphatic carbocycles. The zero-order chi connectivity index (χ0) is 11.3. The van der Waals surface area contributed by atoms with Crippen molar-refractivity contribution in [2.24, 2.45) is 0 Å². The Labute approximate surface area is 93.7 Å². The van der Waals surface area contributed by atoms with E-state index in [1.807, 2.05) is 12.1 Å². The van der Waals surface area contributed by atoms with Gasteiger partial charge >= 0.3 is 0 Å². The van der Waals surface area contributed by atoms with Crippen molar-refractivity contribution < 1.29 is 0 Å². The second kappa shape index (κ2) is 5.20. The van der Waals surface area contributed by atoms with Crippen LogP contribution in [0.3, 0.4) is 0 Å². The number of hydrogen-bond donors (Lipinski definition) is 1. The highest BCUT2D eigenvalue weighted by Crippen LogP contribution is 2.29. The molecule has 0 atom stereocenters. The molecule has 0 saturated carbocycles. The summed E-state index contributed by atoms with van der Waals surface area (Å²) >= 11 is 0. The van der Waals surface area contributed by atoms with E-state index in [-0.39, 0.29) is 5.41 Å². The summed E-state index contributed by atoms with van der Waals surface area (Å²) < 4.78 is 0. The maximum absolute atomic E-state index is 5.69. The highest BCUT2D eigenvalue weighted by atomic mass is 14.5. The van der Waals surface area contributed by atoms with Crippen molar-refractivity contribution in [2.45, 2.75) is 51.9 Å². The maximum atomic E-state index is 5.69. The first kappa shape index (κ1) is 12.1. The molecule has 1 aromatic rings. The highest BCUT2D eigenvalue weighted by Gasteiger charge is 2.19. The summed E-state index contributed by atoms with van der Waals surface area (Å²) in [6.45, 7) is 6.87. The van der Waals surface area contributed by atoms with Crippen molar-refractivity contribution in [3.05, 3.63) is 29.8 Å². The summed E-state index contributed by atoms with van der Waals surface area (Å²) in [7, 11) is 0. The van der Waals surface area contributed by atoms with Gasteiger partial charge in [-0.2, -0.15) is 0 Å². The summed E-state index contributed by atoms with van der Waals surface area (Å²) in [4.78, 5) is 0. The number of nitrogen functional groups attached to an aromatic ring is 1. The zero-order valence-corrected chi connectivity index (χ0v) is 10.2. The van der Waals surface area contributed by atoms with Gasteiger partial charge in [-0.1, -0.05) is 52.2 Å². The van der Waals surface area contributed by atoms with E-state index in [1.165, 1.54) is 31.2 Å². The molecule has 0 heterocycles. The van der Waals surface area contributed by atoms with Crippen LogP contribution in [0.25, 0.3) is 0 Å². The Hall–Kier alpha value is -0.980. The average molecular weight is 205 g/mol. The average Bonchev–Trinajstić information content (AvgIpc) is 2.18. The molecule has 0 aliphatic rings. The SMILES string of the molecule is CCCCCC(C)(C)c1ccc(N)cc1. The number of hydrogen-bond acceptors (Lipinski definition) is 1. The largest absolute Gasteiger partial charge is 0.399 e. The summed E-state index contributed by atoms with van der Waals surface area (Å²) in [5.74, 6) is 0. The molecule has 1 aromatic carbocycles. The quantitative estimate of drug-likeness (QED) is 0.567. The Morgan fingerprint density at radius 1 is 1.07 bits per heavy atom. The molecule has 0 unspecified atom stereocenters. The number of benzene rings is 1. The van der Waals surface area contributed by atoms with E-state index in [2.05, 4.69) is 32.9 Å². The lowest BCUT2D eigenvalue weighted by Gasteiger charge is -2.25. The van der Waals surface area contributed by atoms with Gasteiger partial charge < -0.3 is 5.73 Å². The monoisotopic (exact) mass is 205 g/mol. The van der Waals surface area contributed by atoms with Crippen molar-refractivity contribution in [1.29, 1.82) is 0 Å². The molecule has 0 radical (unpaired) electrons. The van der Waals surface area contributed by atoms with E-state index in [0.29, 0.717) is 0 Å². The third kappa shape index (κ3) is 3.58. The van der Waals surface area contributed by atoms with Gasteiger partial charge in [-0.25, -0.2) is 0 Å². The normalized spacial score (nSPS) is 11.7. The van der Waals surface area contributed by atoms with Gasteiger partial charge in [0.1, 0.15) is 0 Å². The summed E-state index contributed by atoms with van der Waals surface area (Å²) in [6, 6.07) is 8.30. The van der Waals surface area contributed by atoms with Crippen LogP contribution < -0.4 is 5.73 Å². The second-order valence-corrected chi connectivity index (χ2v) is 4.96. The van der Waals surface area contributed by atoms with Crippen LogP contribution in [0.5, 0.6) is 0 Å². The minimum absolute atomic E-state index is 0.281. The molecule has 0 fully saturated rings. The minimum atomic E-state index is 0.281. The molecule has 1 heteroatoms. The molecule has 15 heavy (non-hydrogen) atoms. The fourth-order valence-corrected chi connectivity index (χ4v) is 1.90. The first-order valence-electron chi connectivity index (χ1n) is 5.92. The Morgan fingerprint density at radius 2 is 1.67 bits per heavy atom. The van der Waals surface area contributed by atoms with Crippen molar-refractivity contribution >= 4 is 5.69 Å². The predicted octanol–water partition coefficient (Wildman–Crippen LogP) is 4.13. The first-order valence-corrected chi connectivity index (χ1v) is 5.92. The van der Waals surface area contributed by atoms with Crippen LogP contribution in [0.15, 0.2) is 24.3 Å². The Morgan fingerprint density at radius 3 is 2.20 bits per heavy atom. The lowest BCUT2D eigenvalue weighted by molar-refractivity contribution is 0.450. The number of rotatable bonds is 5. The van der Waals surface area contributed by atoms with E-state index >= 15 is 0 Å². The smallest absolute Gasteiger partial charge is 0.0314 e. The van der Waals surface area contributed by atoms with Gasteiger partial charge in [-0.15, -0.1) is 0 Å². The molecule has 0 amide bonds. The number of unbranched alkanes of at least 4 members (excludes halogenated alkanes) is 2. The third-order valence-electron chi connectivity index (χ3n) is 3.10. The van der Waals surface area contributed by atoms with Crippen molar-refractivity contribution in [1.82, 2.24) is 0 Å². The van der Waals surface area contributed by atoms with Crippen molar-refractivity contribution in [3.8, 4) is 0 Å². The lowest BCUT2D eigenvalue weighted by Crippen LogP contribution is -2.16. The van der Waals surface area contributed by atoms with Gasteiger partial charge in [0.25, 0.3) is 0 Å². The van der Waals surface area contributed by atoms with Gasteiger partial charge in [0, 0.05) is 5.69 Å². The van der Waals surface area contributed by atoms with Gasteiger partial charge in [0.05, 0.1) is 0 Å². The van der Waals surface area contributed by atoms with E-state index in [4.69, 9.17) is 5.73 Å². The van der Waals surface area contributed by atoms with E-state index in [0.717, 1.165) is 5.69 Å². The van der Waals surface area contributed by atoms with E-state index in [9.17, 15) is 0 Å². The van der Waals surface area contributed by atoms with Crippen LogP contribution in [0.1, 0.15) is 52.0 Å². The Balaban J connectivity index is 2.63. The standard InChI is InChI=1S/C14H23N/c1-4-5-6-11-14(2,3)12-7-9-13(15)10-8-12/h7-10H,4-6,11,15H2,1-3H3. The zero-order valence-electron chi connectivity index (χ0n) is 10.2. The minimum Gasteiger partial charge on any atom is -0.399 e. The van der Waals surface area contributed by atoms with Gasteiger partial charge in [0.2, 0.25) is 0 Å². The van der Waals surface area contributed by atoms with E-state index < -0.39 is 0 Å². The summed E-state index contributed by atoms with van der Waals surface area (Å²) in [6.07, 6.45) is 5.19. The molecule has 1 nitrogen and oxygen atoms in total. The molecule has 0 bridgehead atoms. The predicted molar refractivity (Wildman–Crippen MR) is 68.0 cm³/mol. The molecule has 0 aliphatic heterocycles. The van der Waals surface area contributed by atoms with Crippen LogP contribution in [0.4, 0.5) is 5.69 Å². The van der Waals surface area contributed by atoms with Crippen molar-refractivity contribution in [3.63, 3.8) is 0 Å². The second-order valence-electron chi connectivity index (χ2n) is 4.96. The van der Waals surface area contributed by atoms with Gasteiger partial charge in [-0.05, 0) is 29.5 Å². The molecule has 2 N–H and O–H groups in total. The molecule has 0 spiro atoms. The van der Waals surface area contributed by atoms with Crippen LogP contribution in [-0.2, 0) is 5.41 Å². The molecular formula is C14H23N. The third-order valence-corrected chi connectivity index (χ3v) is 3.10. The molecule has 0 aromatic heterocycles. The number of nitrogens with two attached hydrogens (primary N) is 1. The molecule has 84 valence electrons. The molecule has 1 rings (SSSR count). The van der Waals surface area contributed by atoms with Crippen LogP contribution in [-0.4, -0.2) is 0 Å². The first-order chi connectivity index (χ1) is 7.06. The number of anilines is 1. The molecule has 0 saturated heterocycles. The summed E-state index contributed by atoms with van der Waals surface area (Å²) in [5, 5.41) is 0. The van der Waals surface area contributed by atoms with Crippen LogP contribution in [0, 0.1) is 0 Å². The fourth-order valence-electron chi connectivity index (χ4n) is 1.90. The Kier molecular flexibility index (Phi) is 4.19. The topological polar surface area (TPSA) is 26.0 Å².